The molecule has 0 aromatic carbocycles. The number of amides is 1. The van der Waals surface area contributed by atoms with Gasteiger partial charge in [0.1, 0.15) is 0 Å². The van der Waals surface area contributed by atoms with Crippen molar-refractivity contribution in [1.29, 1.82) is 0 Å². The highest BCUT2D eigenvalue weighted by molar-refractivity contribution is 5.91. The fraction of sp³-hybridized carbons (Fsp3) is 0.636. The Morgan fingerprint density at radius 3 is 2.53 bits per heavy atom. The highest BCUT2D eigenvalue weighted by Crippen LogP contribution is 1.97. The van der Waals surface area contributed by atoms with Crippen molar-refractivity contribution in [2.75, 3.05) is 13.2 Å². The fourth-order valence-electron chi connectivity index (χ4n) is 0.980. The van der Waals surface area contributed by atoms with Crippen LogP contribution < -0.4 is 5.32 Å². The molecule has 0 aromatic rings. The van der Waals surface area contributed by atoms with E-state index < -0.39 is 0 Å². The van der Waals surface area contributed by atoms with Gasteiger partial charge >= 0.3 is 5.97 Å². The zero-order valence-corrected chi connectivity index (χ0v) is 9.47. The van der Waals surface area contributed by atoms with Crippen LogP contribution in [0, 0.1) is 0 Å². The van der Waals surface area contributed by atoms with Crippen molar-refractivity contribution in [3.63, 3.8) is 0 Å². The third-order valence-corrected chi connectivity index (χ3v) is 1.79. The molecule has 0 aliphatic carbocycles. The number of unbranched alkanes of at least 4 members (excludes halogenated alkanes) is 1. The van der Waals surface area contributed by atoms with Gasteiger partial charge in [0.15, 0.2) is 0 Å². The first kappa shape index (κ1) is 13.7. The molecule has 0 aromatic heterocycles. The second kappa shape index (κ2) is 8.03. The van der Waals surface area contributed by atoms with E-state index >= 15 is 0 Å². The van der Waals surface area contributed by atoms with Gasteiger partial charge in [-0.15, -0.1) is 0 Å². The molecule has 0 saturated carbocycles. The van der Waals surface area contributed by atoms with E-state index in [4.69, 9.17) is 4.74 Å². The van der Waals surface area contributed by atoms with E-state index in [0.717, 1.165) is 12.8 Å². The van der Waals surface area contributed by atoms with Gasteiger partial charge in [0.2, 0.25) is 5.91 Å². The van der Waals surface area contributed by atoms with Crippen LogP contribution in [0.5, 0.6) is 0 Å². The van der Waals surface area contributed by atoms with Gasteiger partial charge in [0.25, 0.3) is 0 Å². The molecule has 1 N–H and O–H groups in total. The van der Waals surface area contributed by atoms with Gasteiger partial charge in [-0.3, -0.25) is 9.59 Å². The predicted molar refractivity (Wildman–Crippen MR) is 58.3 cm³/mol. The molecule has 86 valence electrons. The van der Waals surface area contributed by atoms with E-state index in [9.17, 15) is 9.59 Å². The zero-order chi connectivity index (χ0) is 11.7. The van der Waals surface area contributed by atoms with E-state index in [2.05, 4.69) is 11.9 Å². The largest absolute Gasteiger partial charge is 0.466 e. The summed E-state index contributed by atoms with van der Waals surface area (Å²) in [6.07, 6.45) is 1.92. The molecule has 0 bridgehead atoms. The Morgan fingerprint density at radius 2 is 2.00 bits per heavy atom. The molecular formula is C11H19NO3. The van der Waals surface area contributed by atoms with Crippen LogP contribution in [-0.4, -0.2) is 25.0 Å². The first-order chi connectivity index (χ1) is 7.07. The third-order valence-electron chi connectivity index (χ3n) is 1.79. The molecule has 0 aliphatic heterocycles. The minimum Gasteiger partial charge on any atom is -0.466 e. The zero-order valence-electron chi connectivity index (χ0n) is 9.47. The Balaban J connectivity index is 3.36. The summed E-state index contributed by atoms with van der Waals surface area (Å²) in [5.74, 6) is -0.310. The van der Waals surface area contributed by atoms with Crippen LogP contribution in [0.15, 0.2) is 12.2 Å². The summed E-state index contributed by atoms with van der Waals surface area (Å²) < 4.78 is 4.77. The van der Waals surface area contributed by atoms with Crippen LogP contribution in [0.1, 0.15) is 33.1 Å². The maximum atomic E-state index is 11.0. The fourth-order valence-corrected chi connectivity index (χ4v) is 0.980. The molecule has 0 atom stereocenters. The minimum atomic E-state index is -0.177. The van der Waals surface area contributed by atoms with Crippen LogP contribution in [0.2, 0.25) is 0 Å². The number of esters is 1. The molecule has 4 nitrogen and oxygen atoms in total. The monoisotopic (exact) mass is 213 g/mol. The molecule has 0 rings (SSSR count). The Morgan fingerprint density at radius 1 is 1.33 bits per heavy atom. The Kier molecular flexibility index (Phi) is 7.32. The molecule has 1 amide bonds. The van der Waals surface area contributed by atoms with Crippen LogP contribution in [0.4, 0.5) is 0 Å². The minimum absolute atomic E-state index is 0.133. The van der Waals surface area contributed by atoms with Gasteiger partial charge in [-0.05, 0) is 26.7 Å². The maximum absolute atomic E-state index is 11.0. The SMILES string of the molecule is C=C(C)C(=O)NCCCCC(=O)OCC. The number of nitrogens with one attached hydrogen (secondary N) is 1. The quantitative estimate of drug-likeness (QED) is 0.395. The normalized spacial score (nSPS) is 9.47. The smallest absolute Gasteiger partial charge is 0.305 e. The summed E-state index contributed by atoms with van der Waals surface area (Å²) in [4.78, 5) is 22.0. The molecule has 4 heteroatoms. The Bertz CT molecular complexity index is 236. The van der Waals surface area contributed by atoms with Gasteiger partial charge in [-0.25, -0.2) is 0 Å². The molecule has 0 heterocycles. The number of hydrogen-bond acceptors (Lipinski definition) is 3. The summed E-state index contributed by atoms with van der Waals surface area (Å²) in [7, 11) is 0. The van der Waals surface area contributed by atoms with Crippen molar-refractivity contribution in [3.8, 4) is 0 Å². The lowest BCUT2D eigenvalue weighted by molar-refractivity contribution is -0.143. The molecule has 0 spiro atoms. The summed E-state index contributed by atoms with van der Waals surface area (Å²) in [6, 6.07) is 0. The van der Waals surface area contributed by atoms with E-state index in [1.54, 1.807) is 13.8 Å². The van der Waals surface area contributed by atoms with Gasteiger partial charge < -0.3 is 10.1 Å². The van der Waals surface area contributed by atoms with Crippen LogP contribution in [-0.2, 0) is 14.3 Å². The van der Waals surface area contributed by atoms with Crippen LogP contribution >= 0.6 is 0 Å². The van der Waals surface area contributed by atoms with E-state index in [0.29, 0.717) is 25.1 Å². The lowest BCUT2D eigenvalue weighted by atomic mass is 10.2. The van der Waals surface area contributed by atoms with E-state index in [1.165, 1.54) is 0 Å². The predicted octanol–water partition coefficient (Wildman–Crippen LogP) is 1.41. The molecule has 0 aliphatic rings. The molecule has 0 fully saturated rings. The number of rotatable bonds is 7. The highest BCUT2D eigenvalue weighted by atomic mass is 16.5. The lowest BCUT2D eigenvalue weighted by Crippen LogP contribution is -2.24. The van der Waals surface area contributed by atoms with Gasteiger partial charge in [0.05, 0.1) is 6.61 Å². The van der Waals surface area contributed by atoms with Gasteiger partial charge in [0, 0.05) is 18.5 Å². The van der Waals surface area contributed by atoms with Crippen LogP contribution in [0.3, 0.4) is 0 Å². The molecular weight excluding hydrogens is 194 g/mol. The molecule has 0 saturated heterocycles. The summed E-state index contributed by atoms with van der Waals surface area (Å²) in [5, 5.41) is 2.70. The van der Waals surface area contributed by atoms with E-state index in [1.807, 2.05) is 0 Å². The Hall–Kier alpha value is -1.32. The van der Waals surface area contributed by atoms with Crippen LogP contribution in [0.25, 0.3) is 0 Å². The average molecular weight is 213 g/mol. The standard InChI is InChI=1S/C11H19NO3/c1-4-15-10(13)7-5-6-8-12-11(14)9(2)3/h2,4-8H2,1,3H3,(H,12,14). The van der Waals surface area contributed by atoms with Crippen molar-refractivity contribution in [3.05, 3.63) is 12.2 Å². The average Bonchev–Trinajstić information content (AvgIpc) is 2.17. The first-order valence-electron chi connectivity index (χ1n) is 5.17. The maximum Gasteiger partial charge on any atom is 0.305 e. The summed E-state index contributed by atoms with van der Waals surface area (Å²) in [6.45, 7) is 7.96. The number of hydrogen-bond donors (Lipinski definition) is 1. The molecule has 15 heavy (non-hydrogen) atoms. The van der Waals surface area contributed by atoms with Gasteiger partial charge in [-0.2, -0.15) is 0 Å². The van der Waals surface area contributed by atoms with Gasteiger partial charge in [-0.1, -0.05) is 6.58 Å². The topological polar surface area (TPSA) is 55.4 Å². The van der Waals surface area contributed by atoms with Crippen molar-refractivity contribution in [1.82, 2.24) is 5.32 Å². The highest BCUT2D eigenvalue weighted by Gasteiger charge is 2.02. The number of ether oxygens (including phenoxy) is 1. The first-order valence-corrected chi connectivity index (χ1v) is 5.17. The van der Waals surface area contributed by atoms with E-state index in [-0.39, 0.29) is 11.9 Å². The summed E-state index contributed by atoms with van der Waals surface area (Å²) >= 11 is 0. The molecule has 0 unspecified atom stereocenters. The molecule has 0 radical (unpaired) electrons. The lowest BCUT2D eigenvalue weighted by Gasteiger charge is -2.04. The second-order valence-corrected chi connectivity index (χ2v) is 3.30. The third kappa shape index (κ3) is 7.73. The summed E-state index contributed by atoms with van der Waals surface area (Å²) in [5.41, 5.74) is 0.500. The van der Waals surface area contributed by atoms with Crippen molar-refractivity contribution in [2.45, 2.75) is 33.1 Å². The van der Waals surface area contributed by atoms with Crippen molar-refractivity contribution < 1.29 is 14.3 Å². The second-order valence-electron chi connectivity index (χ2n) is 3.30. The Labute approximate surface area is 90.7 Å². The number of carbonyl (C=O) groups is 2. The van der Waals surface area contributed by atoms with Crippen molar-refractivity contribution >= 4 is 11.9 Å². The number of carbonyl (C=O) groups excluding carboxylic acids is 2. The van der Waals surface area contributed by atoms with Crippen molar-refractivity contribution in [2.24, 2.45) is 0 Å².